The van der Waals surface area contributed by atoms with Gasteiger partial charge >= 0.3 is 0 Å². The van der Waals surface area contributed by atoms with Gasteiger partial charge in [-0.05, 0) is 0 Å². The Labute approximate surface area is 57.3 Å². The van der Waals surface area contributed by atoms with E-state index in [1.807, 2.05) is 0 Å². The fourth-order valence-electron chi connectivity index (χ4n) is 0.323. The number of hydrogen-bond acceptors (Lipinski definition) is 4. The molecule has 0 aromatic carbocycles. The largest absolute Gasteiger partial charge is 0.368 e. The molecule has 0 aromatic rings. The van der Waals surface area contributed by atoms with E-state index >= 15 is 0 Å². The van der Waals surface area contributed by atoms with Crippen molar-refractivity contribution in [3.05, 3.63) is 0 Å². The summed E-state index contributed by atoms with van der Waals surface area (Å²) in [4.78, 5) is 0. The molecule has 4 nitrogen and oxygen atoms in total. The highest BCUT2D eigenvalue weighted by atomic mass is 35.5. The second kappa shape index (κ2) is 4.03. The molecule has 0 bridgehead atoms. The molecule has 0 rings (SSSR count). The van der Waals surface area contributed by atoms with Gasteiger partial charge in [0.2, 0.25) is 0 Å². The first-order valence-corrected chi connectivity index (χ1v) is 2.84. The lowest BCUT2D eigenvalue weighted by molar-refractivity contribution is -0.0852. The Balaban J connectivity index is 3.38. The fourth-order valence-corrected chi connectivity index (χ4v) is 0.482. The van der Waals surface area contributed by atoms with E-state index in [1.165, 1.54) is 0 Å². The minimum Gasteiger partial charge on any atom is -0.368 e. The Hall–Kier alpha value is 0.130. The Morgan fingerprint density at radius 1 is 1.11 bits per heavy atom. The van der Waals surface area contributed by atoms with Crippen molar-refractivity contribution >= 4 is 11.6 Å². The van der Waals surface area contributed by atoms with Gasteiger partial charge in [0.15, 0.2) is 12.6 Å². The molecule has 0 amide bonds. The molecule has 0 radical (unpaired) electrons. The normalized spacial score (nSPS) is 15.0. The maximum absolute atomic E-state index is 8.27. The third-order valence-electron chi connectivity index (χ3n) is 0.759. The van der Waals surface area contributed by atoms with Crippen LogP contribution in [0.3, 0.4) is 0 Å². The molecule has 0 aliphatic heterocycles. The predicted octanol–water partition coefficient (Wildman–Crippen LogP) is -1.39. The summed E-state index contributed by atoms with van der Waals surface area (Å²) in [5, 5.41) is 32.0. The molecule has 56 valence electrons. The van der Waals surface area contributed by atoms with Gasteiger partial charge in [-0.3, -0.25) is 0 Å². The zero-order valence-electron chi connectivity index (χ0n) is 4.61. The van der Waals surface area contributed by atoms with Crippen LogP contribution in [0.5, 0.6) is 0 Å². The average molecular weight is 157 g/mol. The summed E-state index contributed by atoms with van der Waals surface area (Å²) in [6, 6.07) is 0. The number of rotatable bonds is 3. The number of hydrogen-bond donors (Lipinski definition) is 4. The minimum atomic E-state index is -1.70. The van der Waals surface area contributed by atoms with Crippen LogP contribution >= 0.6 is 11.6 Å². The minimum absolute atomic E-state index is 0.251. The zero-order valence-corrected chi connectivity index (χ0v) is 5.36. The smallest absolute Gasteiger partial charge is 0.168 e. The topological polar surface area (TPSA) is 80.9 Å². The number of aliphatic hydroxyl groups excluding tert-OH is 2. The maximum Gasteiger partial charge on any atom is 0.168 e. The van der Waals surface area contributed by atoms with Gasteiger partial charge in [-0.25, -0.2) is 0 Å². The fraction of sp³-hybridized carbons (Fsp3) is 1.00. The Kier molecular flexibility index (Phi) is 4.09. The van der Waals surface area contributed by atoms with Crippen molar-refractivity contribution < 1.29 is 20.4 Å². The monoisotopic (exact) mass is 156 g/mol. The first-order chi connectivity index (χ1) is 4.04. The molecular formula is C4H9ClO4. The summed E-state index contributed by atoms with van der Waals surface area (Å²) in [6.45, 7) is 0. The lowest BCUT2D eigenvalue weighted by Crippen LogP contribution is -2.24. The quantitative estimate of drug-likeness (QED) is 0.300. The number of aliphatic hydroxyl groups is 4. The molecule has 1 atom stereocenters. The van der Waals surface area contributed by atoms with Crippen molar-refractivity contribution in [1.82, 2.24) is 0 Å². The molecule has 0 heterocycles. The van der Waals surface area contributed by atoms with E-state index in [0.29, 0.717) is 0 Å². The van der Waals surface area contributed by atoms with Crippen LogP contribution in [-0.2, 0) is 0 Å². The molecular weight excluding hydrogens is 147 g/mol. The van der Waals surface area contributed by atoms with E-state index < -0.39 is 18.0 Å². The molecule has 0 spiro atoms. The van der Waals surface area contributed by atoms with Crippen LogP contribution in [0.1, 0.15) is 6.42 Å². The number of alkyl halides is 1. The van der Waals surface area contributed by atoms with E-state index in [4.69, 9.17) is 32.0 Å². The van der Waals surface area contributed by atoms with E-state index in [9.17, 15) is 0 Å². The van der Waals surface area contributed by atoms with Crippen LogP contribution in [0, 0.1) is 0 Å². The molecule has 0 aromatic heterocycles. The van der Waals surface area contributed by atoms with E-state index in [2.05, 4.69) is 0 Å². The molecule has 0 fully saturated rings. The molecule has 4 N–H and O–H groups in total. The van der Waals surface area contributed by atoms with Crippen LogP contribution in [0.2, 0.25) is 0 Å². The molecule has 0 saturated carbocycles. The lowest BCUT2D eigenvalue weighted by Gasteiger charge is -2.11. The third-order valence-corrected chi connectivity index (χ3v) is 1.16. The van der Waals surface area contributed by atoms with Gasteiger partial charge in [0, 0.05) is 6.42 Å². The van der Waals surface area contributed by atoms with Crippen molar-refractivity contribution in [2.75, 3.05) is 0 Å². The second-order valence-electron chi connectivity index (χ2n) is 1.65. The van der Waals surface area contributed by atoms with Crippen LogP contribution in [0.25, 0.3) is 0 Å². The molecule has 5 heteroatoms. The molecule has 0 aliphatic rings. The summed E-state index contributed by atoms with van der Waals surface area (Å²) in [7, 11) is 0. The van der Waals surface area contributed by atoms with Crippen LogP contribution in [0.15, 0.2) is 0 Å². The maximum atomic E-state index is 8.27. The van der Waals surface area contributed by atoms with Crippen molar-refractivity contribution in [2.24, 2.45) is 0 Å². The van der Waals surface area contributed by atoms with Crippen molar-refractivity contribution in [1.29, 1.82) is 0 Å². The first-order valence-electron chi connectivity index (χ1n) is 2.40. The van der Waals surface area contributed by atoms with Crippen LogP contribution in [0.4, 0.5) is 0 Å². The van der Waals surface area contributed by atoms with Gasteiger partial charge < -0.3 is 20.4 Å². The average Bonchev–Trinajstić information content (AvgIpc) is 1.63. The summed E-state index contributed by atoms with van der Waals surface area (Å²) >= 11 is 5.19. The summed E-state index contributed by atoms with van der Waals surface area (Å²) in [6.07, 6.45) is -3.54. The van der Waals surface area contributed by atoms with E-state index in [0.717, 1.165) is 0 Å². The van der Waals surface area contributed by atoms with Crippen LogP contribution in [-0.4, -0.2) is 38.4 Å². The lowest BCUT2D eigenvalue weighted by atomic mass is 10.3. The van der Waals surface area contributed by atoms with E-state index in [1.54, 1.807) is 0 Å². The van der Waals surface area contributed by atoms with Crippen LogP contribution < -0.4 is 0 Å². The third kappa shape index (κ3) is 4.62. The van der Waals surface area contributed by atoms with Gasteiger partial charge in [0.05, 0.1) is 5.38 Å². The van der Waals surface area contributed by atoms with Gasteiger partial charge in [0.1, 0.15) is 0 Å². The van der Waals surface area contributed by atoms with E-state index in [-0.39, 0.29) is 6.42 Å². The standard InChI is InChI=1S/C4H9ClO4/c5-2(4(8)9)1-3(6)7/h2-4,6-9H,1H2. The Bertz CT molecular complexity index is 75.0. The highest BCUT2D eigenvalue weighted by Crippen LogP contribution is 2.06. The molecule has 9 heavy (non-hydrogen) atoms. The predicted molar refractivity (Wildman–Crippen MR) is 30.7 cm³/mol. The SMILES string of the molecule is OC(O)CC(Cl)C(O)O. The van der Waals surface area contributed by atoms with Gasteiger partial charge in [-0.2, -0.15) is 0 Å². The molecule has 0 aliphatic carbocycles. The van der Waals surface area contributed by atoms with Gasteiger partial charge in [0.25, 0.3) is 0 Å². The number of halogens is 1. The van der Waals surface area contributed by atoms with Gasteiger partial charge in [-0.15, -0.1) is 11.6 Å². The Morgan fingerprint density at radius 3 is 1.67 bits per heavy atom. The summed E-state index contributed by atoms with van der Waals surface area (Å²) in [5.74, 6) is 0. The summed E-state index contributed by atoms with van der Waals surface area (Å²) < 4.78 is 0. The first kappa shape index (κ1) is 9.13. The highest BCUT2D eigenvalue weighted by molar-refractivity contribution is 6.20. The highest BCUT2D eigenvalue weighted by Gasteiger charge is 2.15. The van der Waals surface area contributed by atoms with Gasteiger partial charge in [-0.1, -0.05) is 0 Å². The summed E-state index contributed by atoms with van der Waals surface area (Å²) in [5.41, 5.74) is 0. The van der Waals surface area contributed by atoms with Crippen molar-refractivity contribution in [3.8, 4) is 0 Å². The molecule has 0 saturated heterocycles. The zero-order chi connectivity index (χ0) is 7.44. The van der Waals surface area contributed by atoms with Crippen molar-refractivity contribution in [3.63, 3.8) is 0 Å². The Morgan fingerprint density at radius 2 is 1.56 bits per heavy atom. The second-order valence-corrected chi connectivity index (χ2v) is 2.21. The van der Waals surface area contributed by atoms with Crippen molar-refractivity contribution in [2.45, 2.75) is 24.4 Å². The molecule has 1 unspecified atom stereocenters.